The van der Waals surface area contributed by atoms with Crippen molar-refractivity contribution in [1.82, 2.24) is 9.55 Å². The van der Waals surface area contributed by atoms with Gasteiger partial charge in [-0.2, -0.15) is 5.26 Å². The van der Waals surface area contributed by atoms with E-state index in [1.165, 1.54) is 29.2 Å². The Kier molecular flexibility index (Phi) is 4.24. The average Bonchev–Trinajstić information content (AvgIpc) is 3.08. The normalized spacial score (nSPS) is 10.9. The van der Waals surface area contributed by atoms with Crippen LogP contribution in [0.5, 0.6) is 0 Å². The first-order valence-corrected chi connectivity index (χ1v) is 8.52. The first-order valence-electron chi connectivity index (χ1n) is 8.52. The van der Waals surface area contributed by atoms with E-state index in [4.69, 9.17) is 0 Å². The summed E-state index contributed by atoms with van der Waals surface area (Å²) in [6, 6.07) is 16.9. The summed E-state index contributed by atoms with van der Waals surface area (Å²) in [7, 11) is 0. The molecule has 0 fully saturated rings. The van der Waals surface area contributed by atoms with Crippen molar-refractivity contribution in [3.63, 3.8) is 0 Å². The van der Waals surface area contributed by atoms with Crippen LogP contribution in [0.25, 0.3) is 21.8 Å². The summed E-state index contributed by atoms with van der Waals surface area (Å²) in [6.45, 7) is 1.54. The fourth-order valence-corrected chi connectivity index (χ4v) is 3.24. The average molecular weight is 344 g/mol. The van der Waals surface area contributed by atoms with Gasteiger partial charge >= 0.3 is 0 Å². The van der Waals surface area contributed by atoms with Crippen molar-refractivity contribution in [2.45, 2.75) is 13.0 Å². The van der Waals surface area contributed by atoms with Gasteiger partial charge in [-0.1, -0.05) is 18.2 Å². The predicted octanol–water partition coefficient (Wildman–Crippen LogP) is 4.70. The minimum Gasteiger partial charge on any atom is -0.383 e. The van der Waals surface area contributed by atoms with E-state index in [-0.39, 0.29) is 5.82 Å². The zero-order chi connectivity index (χ0) is 17.9. The lowest BCUT2D eigenvalue weighted by Gasteiger charge is -2.12. The van der Waals surface area contributed by atoms with Crippen molar-refractivity contribution in [1.29, 1.82) is 5.26 Å². The van der Waals surface area contributed by atoms with Crippen LogP contribution in [-0.4, -0.2) is 16.1 Å². The van der Waals surface area contributed by atoms with Crippen LogP contribution >= 0.6 is 0 Å². The van der Waals surface area contributed by atoms with E-state index in [0.717, 1.165) is 13.0 Å². The van der Waals surface area contributed by atoms with Gasteiger partial charge in [-0.3, -0.25) is 4.98 Å². The van der Waals surface area contributed by atoms with Crippen LogP contribution < -0.4 is 5.32 Å². The summed E-state index contributed by atoms with van der Waals surface area (Å²) in [4.78, 5) is 4.22. The van der Waals surface area contributed by atoms with Gasteiger partial charge in [0.25, 0.3) is 0 Å². The van der Waals surface area contributed by atoms with E-state index in [2.05, 4.69) is 45.3 Å². The van der Waals surface area contributed by atoms with Crippen LogP contribution in [0.2, 0.25) is 0 Å². The highest BCUT2D eigenvalue weighted by Gasteiger charge is 2.09. The van der Waals surface area contributed by atoms with Gasteiger partial charge in [0, 0.05) is 36.4 Å². The molecular formula is C21H17FN4. The molecule has 4 aromatic rings. The lowest BCUT2D eigenvalue weighted by atomic mass is 10.1. The predicted molar refractivity (Wildman–Crippen MR) is 101 cm³/mol. The molecule has 2 aromatic heterocycles. The number of hydrogen-bond donors (Lipinski definition) is 1. The zero-order valence-corrected chi connectivity index (χ0v) is 14.1. The quantitative estimate of drug-likeness (QED) is 0.534. The molecule has 2 heterocycles. The molecule has 1 N–H and O–H groups in total. The molecule has 0 radical (unpaired) electrons. The summed E-state index contributed by atoms with van der Waals surface area (Å²) >= 11 is 0. The Morgan fingerprint density at radius 2 is 2.04 bits per heavy atom. The molecule has 2 aromatic carbocycles. The molecule has 4 rings (SSSR count). The van der Waals surface area contributed by atoms with Crippen molar-refractivity contribution >= 4 is 27.5 Å². The molecule has 0 amide bonds. The largest absolute Gasteiger partial charge is 0.383 e. The number of para-hydroxylation sites is 1. The van der Waals surface area contributed by atoms with Crippen LogP contribution in [0.1, 0.15) is 12.0 Å². The Morgan fingerprint density at radius 1 is 1.15 bits per heavy atom. The lowest BCUT2D eigenvalue weighted by molar-refractivity contribution is 0.629. The molecule has 128 valence electrons. The number of aryl methyl sites for hydroxylation is 1. The van der Waals surface area contributed by atoms with E-state index in [0.29, 0.717) is 28.7 Å². The van der Waals surface area contributed by atoms with Crippen LogP contribution in [0.15, 0.2) is 60.9 Å². The highest BCUT2D eigenvalue weighted by Crippen LogP contribution is 2.26. The zero-order valence-electron chi connectivity index (χ0n) is 14.1. The van der Waals surface area contributed by atoms with Crippen molar-refractivity contribution in [2.75, 3.05) is 11.9 Å². The number of halogens is 1. The topological polar surface area (TPSA) is 53.6 Å². The number of nitriles is 1. The number of rotatable bonds is 5. The third-order valence-corrected chi connectivity index (χ3v) is 4.51. The summed E-state index contributed by atoms with van der Waals surface area (Å²) in [6.07, 6.45) is 4.49. The van der Waals surface area contributed by atoms with E-state index < -0.39 is 0 Å². The van der Waals surface area contributed by atoms with Crippen LogP contribution in [0.3, 0.4) is 0 Å². The molecule has 0 atom stereocenters. The second kappa shape index (κ2) is 6.85. The van der Waals surface area contributed by atoms with Crippen molar-refractivity contribution in [3.8, 4) is 6.07 Å². The fourth-order valence-electron chi connectivity index (χ4n) is 3.24. The maximum atomic E-state index is 13.6. The van der Waals surface area contributed by atoms with E-state index in [1.807, 2.05) is 12.1 Å². The summed E-state index contributed by atoms with van der Waals surface area (Å²) < 4.78 is 15.8. The minimum absolute atomic E-state index is 0.337. The van der Waals surface area contributed by atoms with Gasteiger partial charge in [0.15, 0.2) is 0 Å². The molecule has 0 aliphatic rings. The Labute approximate surface area is 150 Å². The Hall–Kier alpha value is -3.39. The summed E-state index contributed by atoms with van der Waals surface area (Å²) in [5, 5.41) is 14.5. The van der Waals surface area contributed by atoms with Crippen molar-refractivity contribution < 1.29 is 4.39 Å². The molecule has 0 aliphatic heterocycles. The smallest absolute Gasteiger partial charge is 0.124 e. The highest BCUT2D eigenvalue weighted by molar-refractivity contribution is 5.93. The molecule has 0 spiro atoms. The highest BCUT2D eigenvalue weighted by atomic mass is 19.1. The van der Waals surface area contributed by atoms with Gasteiger partial charge < -0.3 is 9.88 Å². The number of nitrogens with zero attached hydrogens (tertiary/aromatic N) is 3. The number of nitrogens with one attached hydrogen (secondary N) is 1. The maximum absolute atomic E-state index is 13.6. The Balaban J connectivity index is 1.51. The minimum atomic E-state index is -0.337. The van der Waals surface area contributed by atoms with Gasteiger partial charge in [0.2, 0.25) is 0 Å². The monoisotopic (exact) mass is 344 g/mol. The number of aromatic nitrogens is 2. The van der Waals surface area contributed by atoms with Gasteiger partial charge in [-0.05, 0) is 42.1 Å². The molecule has 0 unspecified atom stereocenters. The van der Waals surface area contributed by atoms with Crippen LogP contribution in [-0.2, 0) is 6.54 Å². The number of fused-ring (bicyclic) bond motifs is 2. The van der Waals surface area contributed by atoms with Gasteiger partial charge in [0.05, 0.1) is 16.8 Å². The summed E-state index contributed by atoms with van der Waals surface area (Å²) in [5.41, 5.74) is 2.95. The Bertz CT molecular complexity index is 1120. The molecule has 5 heteroatoms. The van der Waals surface area contributed by atoms with Crippen LogP contribution in [0, 0.1) is 17.1 Å². The number of pyridine rings is 1. The molecule has 0 saturated heterocycles. The molecule has 0 bridgehead atoms. The van der Waals surface area contributed by atoms with Gasteiger partial charge in [-0.25, -0.2) is 4.39 Å². The van der Waals surface area contributed by atoms with E-state index in [1.54, 1.807) is 6.07 Å². The fraction of sp³-hybridized carbons (Fsp3) is 0.143. The molecule has 26 heavy (non-hydrogen) atoms. The standard InChI is InChI=1S/C21H17FN4/c22-17-6-7-19-18(12-17)21(16(13-23)14-25-19)24-9-3-10-26-11-8-15-4-1-2-5-20(15)26/h1-2,4-8,11-12,14H,3,9-10H2,(H,24,25). The van der Waals surface area contributed by atoms with Gasteiger partial charge in [0.1, 0.15) is 11.9 Å². The second-order valence-electron chi connectivity index (χ2n) is 6.17. The van der Waals surface area contributed by atoms with E-state index in [9.17, 15) is 9.65 Å². The Morgan fingerprint density at radius 3 is 2.92 bits per heavy atom. The third kappa shape index (κ3) is 2.98. The van der Waals surface area contributed by atoms with E-state index >= 15 is 0 Å². The molecule has 4 nitrogen and oxygen atoms in total. The van der Waals surface area contributed by atoms with Crippen molar-refractivity contribution in [3.05, 3.63) is 72.3 Å². The first-order chi connectivity index (χ1) is 12.8. The lowest BCUT2D eigenvalue weighted by Crippen LogP contribution is -2.08. The third-order valence-electron chi connectivity index (χ3n) is 4.51. The number of benzene rings is 2. The SMILES string of the molecule is N#Cc1cnc2ccc(F)cc2c1NCCCn1ccc2ccccc21. The number of anilines is 1. The molecule has 0 aliphatic carbocycles. The number of hydrogen-bond acceptors (Lipinski definition) is 3. The second-order valence-corrected chi connectivity index (χ2v) is 6.17. The van der Waals surface area contributed by atoms with Crippen LogP contribution in [0.4, 0.5) is 10.1 Å². The maximum Gasteiger partial charge on any atom is 0.124 e. The first kappa shape index (κ1) is 16.1. The molecule has 0 saturated carbocycles. The molecular weight excluding hydrogens is 327 g/mol. The van der Waals surface area contributed by atoms with Gasteiger partial charge in [-0.15, -0.1) is 0 Å². The summed E-state index contributed by atoms with van der Waals surface area (Å²) in [5.74, 6) is -0.337. The van der Waals surface area contributed by atoms with Crippen molar-refractivity contribution in [2.24, 2.45) is 0 Å².